The van der Waals surface area contributed by atoms with Gasteiger partial charge in [0.25, 0.3) is 0 Å². The van der Waals surface area contributed by atoms with Gasteiger partial charge in [0.15, 0.2) is 0 Å². The standard InChI is InChI=1S/C12H8N/c1-9-6-10(8-13)7-11-4-2-3-5-12(9)11/h2-5,7H,1H3. The van der Waals surface area contributed by atoms with Crippen molar-refractivity contribution >= 4 is 10.8 Å². The van der Waals surface area contributed by atoms with Gasteiger partial charge in [-0.1, -0.05) is 24.3 Å². The van der Waals surface area contributed by atoms with Crippen LogP contribution in [0.1, 0.15) is 11.1 Å². The van der Waals surface area contributed by atoms with Gasteiger partial charge in [0.1, 0.15) is 0 Å². The predicted molar refractivity (Wildman–Crippen MR) is 52.2 cm³/mol. The Hall–Kier alpha value is -1.81. The van der Waals surface area contributed by atoms with Crippen LogP contribution in [-0.2, 0) is 0 Å². The van der Waals surface area contributed by atoms with Gasteiger partial charge in [-0.15, -0.1) is 0 Å². The Bertz CT molecular complexity index is 492. The minimum absolute atomic E-state index is 0.608. The fraction of sp³-hybridized carbons (Fsp3) is 0.0833. The van der Waals surface area contributed by atoms with E-state index in [9.17, 15) is 0 Å². The van der Waals surface area contributed by atoms with E-state index in [2.05, 4.69) is 12.1 Å². The Balaban J connectivity index is 2.86. The zero-order valence-corrected chi connectivity index (χ0v) is 7.33. The van der Waals surface area contributed by atoms with Gasteiger partial charge >= 0.3 is 0 Å². The number of hydrogen-bond acceptors (Lipinski definition) is 1. The lowest BCUT2D eigenvalue weighted by Gasteiger charge is -2.00. The largest absolute Gasteiger partial charge is 0.192 e. The van der Waals surface area contributed by atoms with Crippen molar-refractivity contribution in [1.29, 1.82) is 5.26 Å². The molecule has 0 N–H and O–H groups in total. The van der Waals surface area contributed by atoms with Gasteiger partial charge in [0.05, 0.1) is 11.6 Å². The maximum atomic E-state index is 8.74. The molecule has 1 radical (unpaired) electrons. The zero-order chi connectivity index (χ0) is 9.26. The van der Waals surface area contributed by atoms with Gasteiger partial charge in [0, 0.05) is 6.07 Å². The smallest absolute Gasteiger partial charge is 0.0998 e. The molecule has 0 atom stereocenters. The molecule has 0 unspecified atom stereocenters. The van der Waals surface area contributed by atoms with Gasteiger partial charge in [-0.2, -0.15) is 5.26 Å². The third-order valence-corrected chi connectivity index (χ3v) is 2.11. The molecule has 1 nitrogen and oxygen atoms in total. The van der Waals surface area contributed by atoms with E-state index >= 15 is 0 Å². The lowest BCUT2D eigenvalue weighted by atomic mass is 10.0. The molecular formula is C12H8N. The normalized spacial score (nSPS) is 9.85. The third kappa shape index (κ3) is 1.27. The summed E-state index contributed by atoms with van der Waals surface area (Å²) in [5.41, 5.74) is 1.64. The van der Waals surface area contributed by atoms with Crippen LogP contribution in [-0.4, -0.2) is 0 Å². The lowest BCUT2D eigenvalue weighted by molar-refractivity contribution is 1.45. The second kappa shape index (κ2) is 2.91. The molecule has 2 aromatic rings. The fourth-order valence-corrected chi connectivity index (χ4v) is 1.49. The topological polar surface area (TPSA) is 23.8 Å². The highest BCUT2D eigenvalue weighted by Crippen LogP contribution is 2.19. The first-order valence-electron chi connectivity index (χ1n) is 4.13. The molecule has 0 fully saturated rings. The van der Waals surface area contributed by atoms with Gasteiger partial charge in [-0.05, 0) is 29.3 Å². The molecule has 1 heteroatoms. The van der Waals surface area contributed by atoms with Gasteiger partial charge < -0.3 is 0 Å². The summed E-state index contributed by atoms with van der Waals surface area (Å²) in [6.45, 7) is 1.98. The van der Waals surface area contributed by atoms with Crippen molar-refractivity contribution in [2.24, 2.45) is 0 Å². The molecule has 0 aromatic heterocycles. The van der Waals surface area contributed by atoms with Crippen molar-refractivity contribution in [3.05, 3.63) is 47.5 Å². The Kier molecular flexibility index (Phi) is 1.75. The van der Waals surface area contributed by atoms with E-state index in [0.717, 1.165) is 10.9 Å². The maximum absolute atomic E-state index is 8.74. The first-order chi connectivity index (χ1) is 6.31. The Morgan fingerprint density at radius 1 is 1.31 bits per heavy atom. The van der Waals surface area contributed by atoms with Gasteiger partial charge in [-0.25, -0.2) is 0 Å². The summed E-state index contributed by atoms with van der Waals surface area (Å²) >= 11 is 0. The average Bonchev–Trinajstić information content (AvgIpc) is 2.18. The highest BCUT2D eigenvalue weighted by molar-refractivity contribution is 5.86. The molecule has 0 bridgehead atoms. The van der Waals surface area contributed by atoms with E-state index in [1.807, 2.05) is 37.3 Å². The summed E-state index contributed by atoms with van der Waals surface area (Å²) in [7, 11) is 0. The number of rotatable bonds is 0. The molecular weight excluding hydrogens is 158 g/mol. The van der Waals surface area contributed by atoms with Crippen molar-refractivity contribution in [1.82, 2.24) is 0 Å². The van der Waals surface area contributed by atoms with Crippen molar-refractivity contribution in [3.63, 3.8) is 0 Å². The second-order valence-electron chi connectivity index (χ2n) is 3.01. The SMILES string of the molecule is Cc1[c]c(C#N)cc2ccccc12. The zero-order valence-electron chi connectivity index (χ0n) is 7.33. The van der Waals surface area contributed by atoms with Gasteiger partial charge in [-0.3, -0.25) is 0 Å². The van der Waals surface area contributed by atoms with Crippen LogP contribution < -0.4 is 0 Å². The van der Waals surface area contributed by atoms with Crippen LogP contribution in [0.4, 0.5) is 0 Å². The van der Waals surface area contributed by atoms with E-state index < -0.39 is 0 Å². The first kappa shape index (κ1) is 7.82. The van der Waals surface area contributed by atoms with Gasteiger partial charge in [0.2, 0.25) is 0 Å². The highest BCUT2D eigenvalue weighted by Gasteiger charge is 1.99. The van der Waals surface area contributed by atoms with E-state index in [4.69, 9.17) is 5.26 Å². The van der Waals surface area contributed by atoms with Crippen LogP contribution in [0.15, 0.2) is 30.3 Å². The van der Waals surface area contributed by atoms with Crippen LogP contribution in [0.3, 0.4) is 0 Å². The summed E-state index contributed by atoms with van der Waals surface area (Å²) in [6.07, 6.45) is 0. The van der Waals surface area contributed by atoms with Crippen LogP contribution in [0.5, 0.6) is 0 Å². The van der Waals surface area contributed by atoms with Crippen LogP contribution in [0, 0.1) is 24.3 Å². The minimum Gasteiger partial charge on any atom is -0.192 e. The summed E-state index contributed by atoms with van der Waals surface area (Å²) < 4.78 is 0. The van der Waals surface area contributed by atoms with Crippen molar-refractivity contribution in [3.8, 4) is 6.07 Å². The molecule has 0 saturated carbocycles. The molecule has 0 heterocycles. The third-order valence-electron chi connectivity index (χ3n) is 2.11. The number of aryl methyl sites for hydroxylation is 1. The van der Waals surface area contributed by atoms with E-state index in [1.165, 1.54) is 5.39 Å². The summed E-state index contributed by atoms with van der Waals surface area (Å²) in [5.74, 6) is 0. The van der Waals surface area contributed by atoms with Crippen LogP contribution in [0.2, 0.25) is 0 Å². The number of nitriles is 1. The number of hydrogen-bond donors (Lipinski definition) is 0. The van der Waals surface area contributed by atoms with E-state index in [-0.39, 0.29) is 0 Å². The first-order valence-corrected chi connectivity index (χ1v) is 4.13. The Morgan fingerprint density at radius 3 is 2.85 bits per heavy atom. The summed E-state index contributed by atoms with van der Waals surface area (Å²) in [5, 5.41) is 11.0. The predicted octanol–water partition coefficient (Wildman–Crippen LogP) is 2.82. The molecule has 0 aliphatic rings. The Morgan fingerprint density at radius 2 is 2.08 bits per heavy atom. The molecule has 2 rings (SSSR count). The molecule has 0 saturated heterocycles. The Labute approximate surface area is 77.2 Å². The lowest BCUT2D eigenvalue weighted by Crippen LogP contribution is -1.82. The van der Waals surface area contributed by atoms with Crippen molar-refractivity contribution < 1.29 is 0 Å². The molecule has 0 aliphatic heterocycles. The van der Waals surface area contributed by atoms with E-state index in [1.54, 1.807) is 0 Å². The molecule has 61 valence electrons. The minimum atomic E-state index is 0.608. The number of nitrogens with zero attached hydrogens (tertiary/aromatic N) is 1. The molecule has 2 aromatic carbocycles. The maximum Gasteiger partial charge on any atom is 0.0998 e. The number of fused-ring (bicyclic) bond motifs is 1. The van der Waals surface area contributed by atoms with Crippen molar-refractivity contribution in [2.75, 3.05) is 0 Å². The fourth-order valence-electron chi connectivity index (χ4n) is 1.49. The molecule has 13 heavy (non-hydrogen) atoms. The van der Waals surface area contributed by atoms with Crippen LogP contribution >= 0.6 is 0 Å². The molecule has 0 amide bonds. The quantitative estimate of drug-likeness (QED) is 0.590. The number of benzene rings is 2. The molecule has 0 aliphatic carbocycles. The summed E-state index contributed by atoms with van der Waals surface area (Å²) in [6, 6.07) is 15.0. The second-order valence-corrected chi connectivity index (χ2v) is 3.01. The molecule has 0 spiro atoms. The summed E-state index contributed by atoms with van der Waals surface area (Å²) in [4.78, 5) is 0. The van der Waals surface area contributed by atoms with Crippen molar-refractivity contribution in [2.45, 2.75) is 6.92 Å². The van der Waals surface area contributed by atoms with Crippen LogP contribution in [0.25, 0.3) is 10.8 Å². The average molecular weight is 166 g/mol. The highest BCUT2D eigenvalue weighted by atomic mass is 14.2. The van der Waals surface area contributed by atoms with E-state index in [0.29, 0.717) is 5.56 Å². The monoisotopic (exact) mass is 166 g/mol.